The lowest BCUT2D eigenvalue weighted by atomic mass is 10.1. The van der Waals surface area contributed by atoms with Crippen LogP contribution >= 0.6 is 11.6 Å². The first-order valence-electron chi connectivity index (χ1n) is 6.64. The fourth-order valence-electron chi connectivity index (χ4n) is 1.94. The quantitative estimate of drug-likeness (QED) is 0.632. The summed E-state index contributed by atoms with van der Waals surface area (Å²) in [5.41, 5.74) is 7.01. The van der Waals surface area contributed by atoms with Crippen LogP contribution in [0.4, 0.5) is 11.4 Å². The molecule has 6 heteroatoms. The molecule has 112 valence electrons. The molecule has 0 atom stereocenters. The Morgan fingerprint density at radius 3 is 2.95 bits per heavy atom. The number of nitrogen functional groups attached to an aromatic ring is 1. The zero-order chi connectivity index (χ0) is 15.2. The first kappa shape index (κ1) is 15.3. The van der Waals surface area contributed by atoms with Crippen LogP contribution in [0.5, 0.6) is 0 Å². The second-order valence-corrected chi connectivity index (χ2v) is 4.81. The number of furan rings is 1. The van der Waals surface area contributed by atoms with Crippen molar-refractivity contribution in [1.82, 2.24) is 0 Å². The standard InChI is InChI=1S/C15H17ClN2O3/c1-2-20-15(19)12-8-10(17)9-13(16)14(12)18-6-5-11-4-3-7-21-11/h3-4,7-9,18H,2,5-6,17H2,1H3. The fourth-order valence-corrected chi connectivity index (χ4v) is 2.24. The highest BCUT2D eigenvalue weighted by molar-refractivity contribution is 6.34. The largest absolute Gasteiger partial charge is 0.469 e. The van der Waals surface area contributed by atoms with Gasteiger partial charge in [0.1, 0.15) is 5.76 Å². The van der Waals surface area contributed by atoms with Gasteiger partial charge in [-0.2, -0.15) is 0 Å². The molecule has 1 aromatic carbocycles. The van der Waals surface area contributed by atoms with Gasteiger partial charge in [0.05, 0.1) is 29.1 Å². The number of carbonyl (C=O) groups excluding carboxylic acids is 1. The number of hydrogen-bond donors (Lipinski definition) is 2. The maximum absolute atomic E-state index is 12.0. The molecule has 0 aliphatic heterocycles. The van der Waals surface area contributed by atoms with Crippen molar-refractivity contribution in [1.29, 1.82) is 0 Å². The van der Waals surface area contributed by atoms with E-state index in [-0.39, 0.29) is 6.61 Å². The summed E-state index contributed by atoms with van der Waals surface area (Å²) < 4.78 is 10.3. The van der Waals surface area contributed by atoms with Crippen molar-refractivity contribution < 1.29 is 13.9 Å². The van der Waals surface area contributed by atoms with Crippen molar-refractivity contribution in [3.63, 3.8) is 0 Å². The minimum atomic E-state index is -0.452. The van der Waals surface area contributed by atoms with Gasteiger partial charge < -0.3 is 20.2 Å². The third-order valence-electron chi connectivity index (χ3n) is 2.86. The van der Waals surface area contributed by atoms with E-state index in [9.17, 15) is 4.79 Å². The van der Waals surface area contributed by atoms with Gasteiger partial charge in [-0.05, 0) is 31.2 Å². The molecule has 0 fully saturated rings. The van der Waals surface area contributed by atoms with E-state index < -0.39 is 5.97 Å². The van der Waals surface area contributed by atoms with Crippen LogP contribution in [0.25, 0.3) is 0 Å². The molecule has 0 saturated heterocycles. The topological polar surface area (TPSA) is 77.5 Å². The molecule has 2 rings (SSSR count). The lowest BCUT2D eigenvalue weighted by molar-refractivity contribution is 0.0527. The summed E-state index contributed by atoms with van der Waals surface area (Å²) in [6, 6.07) is 6.87. The van der Waals surface area contributed by atoms with Crippen LogP contribution in [0.15, 0.2) is 34.9 Å². The van der Waals surface area contributed by atoms with Crippen molar-refractivity contribution in [2.45, 2.75) is 13.3 Å². The van der Waals surface area contributed by atoms with Crippen LogP contribution in [-0.2, 0) is 11.2 Å². The van der Waals surface area contributed by atoms with E-state index in [1.54, 1.807) is 25.3 Å². The summed E-state index contributed by atoms with van der Waals surface area (Å²) in [6.07, 6.45) is 2.30. The number of ether oxygens (including phenoxy) is 1. The molecule has 0 radical (unpaired) electrons. The van der Waals surface area contributed by atoms with Crippen LogP contribution in [0, 0.1) is 0 Å². The number of halogens is 1. The number of hydrogen-bond acceptors (Lipinski definition) is 5. The van der Waals surface area contributed by atoms with Gasteiger partial charge in [0.2, 0.25) is 0 Å². The molecule has 21 heavy (non-hydrogen) atoms. The van der Waals surface area contributed by atoms with Crippen LogP contribution < -0.4 is 11.1 Å². The highest BCUT2D eigenvalue weighted by Crippen LogP contribution is 2.29. The fraction of sp³-hybridized carbons (Fsp3) is 0.267. The Morgan fingerprint density at radius 2 is 2.29 bits per heavy atom. The zero-order valence-electron chi connectivity index (χ0n) is 11.7. The van der Waals surface area contributed by atoms with E-state index >= 15 is 0 Å². The molecule has 3 N–H and O–H groups in total. The number of esters is 1. The molecule has 0 spiro atoms. The van der Waals surface area contributed by atoms with Gasteiger partial charge in [-0.15, -0.1) is 0 Å². The predicted octanol–water partition coefficient (Wildman–Crippen LogP) is 3.35. The molecule has 0 unspecified atom stereocenters. The Kier molecular flexibility index (Phi) is 5.11. The van der Waals surface area contributed by atoms with Crippen molar-refractivity contribution in [2.75, 3.05) is 24.2 Å². The molecule has 5 nitrogen and oxygen atoms in total. The third kappa shape index (κ3) is 3.92. The van der Waals surface area contributed by atoms with E-state index in [2.05, 4.69) is 5.32 Å². The van der Waals surface area contributed by atoms with Crippen LogP contribution in [0.1, 0.15) is 23.0 Å². The first-order valence-corrected chi connectivity index (χ1v) is 7.02. The van der Waals surface area contributed by atoms with Crippen LogP contribution in [0.3, 0.4) is 0 Å². The lowest BCUT2D eigenvalue weighted by Gasteiger charge is -2.13. The van der Waals surface area contributed by atoms with E-state index in [0.29, 0.717) is 34.9 Å². The second kappa shape index (κ2) is 7.04. The summed E-state index contributed by atoms with van der Waals surface area (Å²) in [4.78, 5) is 12.0. The Hall–Kier alpha value is -2.14. The van der Waals surface area contributed by atoms with Crippen molar-refractivity contribution in [3.05, 3.63) is 46.9 Å². The number of nitrogens with two attached hydrogens (primary N) is 1. The average Bonchev–Trinajstić information content (AvgIpc) is 2.94. The summed E-state index contributed by atoms with van der Waals surface area (Å²) in [7, 11) is 0. The molecule has 0 saturated carbocycles. The van der Waals surface area contributed by atoms with Gasteiger partial charge in [-0.1, -0.05) is 11.6 Å². The summed E-state index contributed by atoms with van der Waals surface area (Å²) in [5, 5.41) is 3.52. The molecule has 0 bridgehead atoms. The van der Waals surface area contributed by atoms with Crippen molar-refractivity contribution >= 4 is 28.9 Å². The highest BCUT2D eigenvalue weighted by atomic mass is 35.5. The van der Waals surface area contributed by atoms with Crippen LogP contribution in [-0.4, -0.2) is 19.1 Å². The molecule has 2 aromatic rings. The molecule has 1 aromatic heterocycles. The van der Waals surface area contributed by atoms with Crippen molar-refractivity contribution in [3.8, 4) is 0 Å². The number of nitrogens with one attached hydrogen (secondary N) is 1. The molecule has 0 aliphatic carbocycles. The number of carbonyl (C=O) groups is 1. The summed E-state index contributed by atoms with van der Waals surface area (Å²) in [6.45, 7) is 2.61. The molecule has 0 aliphatic rings. The smallest absolute Gasteiger partial charge is 0.340 e. The molecule has 0 amide bonds. The van der Waals surface area contributed by atoms with Gasteiger partial charge in [0.25, 0.3) is 0 Å². The Labute approximate surface area is 128 Å². The first-order chi connectivity index (χ1) is 10.1. The monoisotopic (exact) mass is 308 g/mol. The Balaban J connectivity index is 2.14. The number of anilines is 2. The van der Waals surface area contributed by atoms with E-state index in [0.717, 1.165) is 5.76 Å². The number of rotatable bonds is 6. The van der Waals surface area contributed by atoms with E-state index in [1.165, 1.54) is 0 Å². The van der Waals surface area contributed by atoms with Gasteiger partial charge in [-0.25, -0.2) is 4.79 Å². The zero-order valence-corrected chi connectivity index (χ0v) is 12.4. The Morgan fingerprint density at radius 1 is 1.48 bits per heavy atom. The second-order valence-electron chi connectivity index (χ2n) is 4.40. The molecular weight excluding hydrogens is 292 g/mol. The van der Waals surface area contributed by atoms with Crippen LogP contribution in [0.2, 0.25) is 5.02 Å². The maximum atomic E-state index is 12.0. The van der Waals surface area contributed by atoms with Gasteiger partial charge >= 0.3 is 5.97 Å². The van der Waals surface area contributed by atoms with E-state index in [4.69, 9.17) is 26.5 Å². The summed E-state index contributed by atoms with van der Waals surface area (Å²) in [5.74, 6) is 0.402. The SMILES string of the molecule is CCOC(=O)c1cc(N)cc(Cl)c1NCCc1ccco1. The van der Waals surface area contributed by atoms with Gasteiger partial charge in [-0.3, -0.25) is 0 Å². The predicted molar refractivity (Wildman–Crippen MR) is 82.7 cm³/mol. The minimum Gasteiger partial charge on any atom is -0.469 e. The molecule has 1 heterocycles. The third-order valence-corrected chi connectivity index (χ3v) is 3.16. The van der Waals surface area contributed by atoms with E-state index in [1.807, 2.05) is 12.1 Å². The number of benzene rings is 1. The maximum Gasteiger partial charge on any atom is 0.340 e. The lowest BCUT2D eigenvalue weighted by Crippen LogP contribution is -2.13. The van der Waals surface area contributed by atoms with Crippen molar-refractivity contribution in [2.24, 2.45) is 0 Å². The minimum absolute atomic E-state index is 0.289. The average molecular weight is 309 g/mol. The molecular formula is C15H17ClN2O3. The van der Waals surface area contributed by atoms with Gasteiger partial charge in [0, 0.05) is 18.7 Å². The van der Waals surface area contributed by atoms with Gasteiger partial charge in [0.15, 0.2) is 0 Å². The Bertz CT molecular complexity index is 612. The highest BCUT2D eigenvalue weighted by Gasteiger charge is 2.16. The normalized spacial score (nSPS) is 10.4. The summed E-state index contributed by atoms with van der Waals surface area (Å²) >= 11 is 6.17.